The van der Waals surface area contributed by atoms with Gasteiger partial charge in [-0.15, -0.1) is 0 Å². The standard InChI is InChI=1S/C12H17IN2O/c13-9-16-15-7-5-11(6-8-15)10-1-3-12(14)4-2-10/h1-4,11H,5-9,14H2. The summed E-state index contributed by atoms with van der Waals surface area (Å²) in [5.74, 6) is 0.662. The first-order valence-electron chi connectivity index (χ1n) is 5.59. The first-order valence-corrected chi connectivity index (χ1v) is 7.11. The highest BCUT2D eigenvalue weighted by Gasteiger charge is 2.20. The highest BCUT2D eigenvalue weighted by Crippen LogP contribution is 2.28. The highest BCUT2D eigenvalue weighted by molar-refractivity contribution is 14.1. The molecule has 16 heavy (non-hydrogen) atoms. The van der Waals surface area contributed by atoms with Crippen LogP contribution in [0.25, 0.3) is 0 Å². The number of piperidine rings is 1. The molecule has 0 spiro atoms. The van der Waals surface area contributed by atoms with Crippen molar-refractivity contribution >= 4 is 28.3 Å². The molecule has 0 aliphatic carbocycles. The van der Waals surface area contributed by atoms with E-state index >= 15 is 0 Å². The zero-order chi connectivity index (χ0) is 11.4. The van der Waals surface area contributed by atoms with Gasteiger partial charge < -0.3 is 5.73 Å². The van der Waals surface area contributed by atoms with Gasteiger partial charge in [0.25, 0.3) is 0 Å². The van der Waals surface area contributed by atoms with Gasteiger partial charge in [0, 0.05) is 18.8 Å². The van der Waals surface area contributed by atoms with Crippen molar-refractivity contribution in [2.24, 2.45) is 0 Å². The van der Waals surface area contributed by atoms with E-state index in [1.54, 1.807) is 0 Å². The Balaban J connectivity index is 1.91. The number of benzene rings is 1. The molecule has 1 aromatic carbocycles. The molecule has 0 saturated carbocycles. The Morgan fingerprint density at radius 2 is 1.88 bits per heavy atom. The predicted octanol–water partition coefficient (Wildman–Crippen LogP) is 2.77. The average molecular weight is 332 g/mol. The van der Waals surface area contributed by atoms with Gasteiger partial charge in [0.1, 0.15) is 4.61 Å². The monoisotopic (exact) mass is 332 g/mol. The molecule has 3 nitrogen and oxygen atoms in total. The lowest BCUT2D eigenvalue weighted by atomic mass is 9.90. The van der Waals surface area contributed by atoms with Gasteiger partial charge in [-0.25, -0.2) is 0 Å². The molecular weight excluding hydrogens is 315 g/mol. The van der Waals surface area contributed by atoms with E-state index in [0.717, 1.165) is 23.4 Å². The summed E-state index contributed by atoms with van der Waals surface area (Å²) in [4.78, 5) is 5.49. The summed E-state index contributed by atoms with van der Waals surface area (Å²) < 4.78 is 0.740. The molecule has 1 aliphatic heterocycles. The summed E-state index contributed by atoms with van der Waals surface area (Å²) >= 11 is 2.23. The van der Waals surface area contributed by atoms with Crippen molar-refractivity contribution in [3.63, 3.8) is 0 Å². The second-order valence-corrected chi connectivity index (χ2v) is 4.73. The summed E-state index contributed by atoms with van der Waals surface area (Å²) in [5, 5.41) is 2.07. The summed E-state index contributed by atoms with van der Waals surface area (Å²) in [6, 6.07) is 8.27. The Morgan fingerprint density at radius 3 is 2.44 bits per heavy atom. The molecule has 0 bridgehead atoms. The lowest BCUT2D eigenvalue weighted by Crippen LogP contribution is -2.32. The van der Waals surface area contributed by atoms with Crippen LogP contribution in [0.3, 0.4) is 0 Å². The number of nitrogen functional groups attached to an aromatic ring is 1. The van der Waals surface area contributed by atoms with E-state index in [-0.39, 0.29) is 0 Å². The Bertz CT molecular complexity index is 320. The fourth-order valence-electron chi connectivity index (χ4n) is 2.16. The van der Waals surface area contributed by atoms with Crippen LogP contribution in [0, 0.1) is 0 Å². The molecule has 1 fully saturated rings. The third kappa shape index (κ3) is 3.09. The largest absolute Gasteiger partial charge is 0.399 e. The van der Waals surface area contributed by atoms with Crippen molar-refractivity contribution in [3.8, 4) is 0 Å². The van der Waals surface area contributed by atoms with Crippen LogP contribution >= 0.6 is 22.6 Å². The normalized spacial score (nSPS) is 18.8. The zero-order valence-electron chi connectivity index (χ0n) is 9.23. The molecule has 1 aromatic rings. The van der Waals surface area contributed by atoms with Gasteiger partial charge in [-0.2, -0.15) is 5.06 Å². The van der Waals surface area contributed by atoms with Gasteiger partial charge in [0.15, 0.2) is 0 Å². The van der Waals surface area contributed by atoms with Crippen molar-refractivity contribution in [1.29, 1.82) is 0 Å². The Kier molecular flexibility index (Phi) is 4.43. The van der Waals surface area contributed by atoms with Gasteiger partial charge in [0.05, 0.1) is 0 Å². The second-order valence-electron chi connectivity index (χ2n) is 4.11. The number of hydrogen-bond acceptors (Lipinski definition) is 3. The number of alkyl halides is 1. The first-order chi connectivity index (χ1) is 7.79. The van der Waals surface area contributed by atoms with Gasteiger partial charge in [-0.05, 0) is 36.5 Å². The lowest BCUT2D eigenvalue weighted by molar-refractivity contribution is -0.147. The highest BCUT2D eigenvalue weighted by atomic mass is 127. The van der Waals surface area contributed by atoms with Crippen LogP contribution in [-0.4, -0.2) is 22.8 Å². The number of nitrogens with two attached hydrogens (primary N) is 1. The SMILES string of the molecule is Nc1ccc(C2CCN(OCI)CC2)cc1. The van der Waals surface area contributed by atoms with Crippen LogP contribution < -0.4 is 5.73 Å². The molecule has 0 unspecified atom stereocenters. The molecule has 0 atom stereocenters. The van der Waals surface area contributed by atoms with Crippen LogP contribution in [0.15, 0.2) is 24.3 Å². The molecule has 4 heteroatoms. The molecular formula is C12H17IN2O. The topological polar surface area (TPSA) is 38.5 Å². The van der Waals surface area contributed by atoms with Crippen molar-refractivity contribution in [2.45, 2.75) is 18.8 Å². The van der Waals surface area contributed by atoms with E-state index in [0.29, 0.717) is 5.92 Å². The maximum absolute atomic E-state index is 5.69. The van der Waals surface area contributed by atoms with Crippen LogP contribution in [-0.2, 0) is 4.84 Å². The minimum absolute atomic E-state index is 0.662. The lowest BCUT2D eigenvalue weighted by Gasteiger charge is -2.30. The Hall–Kier alpha value is -0.330. The Morgan fingerprint density at radius 1 is 1.25 bits per heavy atom. The molecule has 0 amide bonds. The summed E-state index contributed by atoms with van der Waals surface area (Å²) in [7, 11) is 0. The number of hydrogen-bond donors (Lipinski definition) is 1. The first kappa shape index (κ1) is 12.1. The smallest absolute Gasteiger partial charge is 0.120 e. The fraction of sp³-hybridized carbons (Fsp3) is 0.500. The van der Waals surface area contributed by atoms with Crippen molar-refractivity contribution in [3.05, 3.63) is 29.8 Å². The van der Waals surface area contributed by atoms with Gasteiger partial charge >= 0.3 is 0 Å². The van der Waals surface area contributed by atoms with E-state index in [2.05, 4.69) is 39.8 Å². The number of nitrogens with zero attached hydrogens (tertiary/aromatic N) is 1. The van der Waals surface area contributed by atoms with Gasteiger partial charge in [-0.1, -0.05) is 34.7 Å². The van der Waals surface area contributed by atoms with Gasteiger partial charge in [0.2, 0.25) is 0 Å². The minimum Gasteiger partial charge on any atom is -0.399 e. The van der Waals surface area contributed by atoms with Crippen LogP contribution in [0.5, 0.6) is 0 Å². The quantitative estimate of drug-likeness (QED) is 0.526. The maximum Gasteiger partial charge on any atom is 0.120 e. The Labute approximate surface area is 110 Å². The van der Waals surface area contributed by atoms with E-state index in [9.17, 15) is 0 Å². The second kappa shape index (κ2) is 5.84. The molecule has 0 aromatic heterocycles. The summed E-state index contributed by atoms with van der Waals surface area (Å²) in [6.07, 6.45) is 2.33. The zero-order valence-corrected chi connectivity index (χ0v) is 11.4. The van der Waals surface area contributed by atoms with Crippen LogP contribution in [0.1, 0.15) is 24.3 Å². The molecule has 88 valence electrons. The van der Waals surface area contributed by atoms with E-state index < -0.39 is 0 Å². The third-order valence-corrected chi connectivity index (χ3v) is 3.37. The van der Waals surface area contributed by atoms with Crippen molar-refractivity contribution < 1.29 is 4.84 Å². The van der Waals surface area contributed by atoms with E-state index in [1.165, 1.54) is 18.4 Å². The van der Waals surface area contributed by atoms with Crippen LogP contribution in [0.4, 0.5) is 5.69 Å². The number of rotatable bonds is 3. The number of hydroxylamine groups is 2. The number of anilines is 1. The minimum atomic E-state index is 0.662. The molecule has 1 heterocycles. The number of halogens is 1. The fourth-order valence-corrected chi connectivity index (χ4v) is 2.55. The van der Waals surface area contributed by atoms with Crippen molar-refractivity contribution in [2.75, 3.05) is 23.4 Å². The van der Waals surface area contributed by atoms with Crippen molar-refractivity contribution in [1.82, 2.24) is 5.06 Å². The van der Waals surface area contributed by atoms with E-state index in [4.69, 9.17) is 10.6 Å². The third-order valence-electron chi connectivity index (χ3n) is 3.09. The molecule has 2 rings (SSSR count). The van der Waals surface area contributed by atoms with Crippen LogP contribution in [0.2, 0.25) is 0 Å². The summed E-state index contributed by atoms with van der Waals surface area (Å²) in [6.45, 7) is 2.05. The molecule has 1 aliphatic rings. The van der Waals surface area contributed by atoms with E-state index in [1.807, 2.05) is 12.1 Å². The molecule has 2 N–H and O–H groups in total. The van der Waals surface area contributed by atoms with Gasteiger partial charge in [-0.3, -0.25) is 4.84 Å². The molecule has 1 saturated heterocycles. The summed E-state index contributed by atoms with van der Waals surface area (Å²) in [5.41, 5.74) is 7.94. The predicted molar refractivity (Wildman–Crippen MR) is 74.4 cm³/mol. The maximum atomic E-state index is 5.69. The average Bonchev–Trinajstić information content (AvgIpc) is 2.32. The molecule has 0 radical (unpaired) electrons.